The fourth-order valence-electron chi connectivity index (χ4n) is 2.64. The molecule has 1 saturated carbocycles. The number of halogens is 1. The molecule has 0 saturated heterocycles. The molecule has 0 bridgehead atoms. The Hall–Kier alpha value is -0.910. The predicted molar refractivity (Wildman–Crippen MR) is 81.1 cm³/mol. The number of nitrogens with one attached hydrogen (secondary N) is 1. The first-order chi connectivity index (χ1) is 9.69. The van der Waals surface area contributed by atoms with E-state index in [1.54, 1.807) is 13.2 Å². The Morgan fingerprint density at radius 1 is 1.40 bits per heavy atom. The molecule has 0 aromatic carbocycles. The van der Waals surface area contributed by atoms with Gasteiger partial charge in [-0.05, 0) is 19.9 Å². The monoisotopic (exact) mass is 298 g/mol. The van der Waals surface area contributed by atoms with E-state index in [-0.39, 0.29) is 0 Å². The van der Waals surface area contributed by atoms with Gasteiger partial charge in [-0.25, -0.2) is 9.97 Å². The molecule has 20 heavy (non-hydrogen) atoms. The van der Waals surface area contributed by atoms with Crippen LogP contribution in [-0.2, 0) is 11.3 Å². The Bertz CT molecular complexity index is 424. The summed E-state index contributed by atoms with van der Waals surface area (Å²) in [5, 5.41) is 3.75. The predicted octanol–water partition coefficient (Wildman–Crippen LogP) is 2.56. The normalized spacial score (nSPS) is 16.0. The first-order valence-electron chi connectivity index (χ1n) is 7.15. The van der Waals surface area contributed by atoms with Gasteiger partial charge in [-0.1, -0.05) is 24.4 Å². The van der Waals surface area contributed by atoms with E-state index >= 15 is 0 Å². The highest BCUT2D eigenvalue weighted by molar-refractivity contribution is 6.29. The van der Waals surface area contributed by atoms with Crippen molar-refractivity contribution in [2.24, 2.45) is 0 Å². The molecular weight excluding hydrogens is 276 g/mol. The molecule has 0 unspecified atom stereocenters. The number of anilines is 1. The molecule has 0 radical (unpaired) electrons. The molecule has 0 spiro atoms. The van der Waals surface area contributed by atoms with Crippen LogP contribution in [0.3, 0.4) is 0 Å². The van der Waals surface area contributed by atoms with Crippen molar-refractivity contribution >= 4 is 17.4 Å². The van der Waals surface area contributed by atoms with Crippen LogP contribution in [0.15, 0.2) is 6.07 Å². The van der Waals surface area contributed by atoms with E-state index in [0.717, 1.165) is 24.9 Å². The van der Waals surface area contributed by atoms with Crippen LogP contribution in [0.5, 0.6) is 0 Å². The molecule has 1 aromatic rings. The Labute approximate surface area is 125 Å². The number of methoxy groups -OCH3 is 1. The zero-order chi connectivity index (χ0) is 14.4. The fraction of sp³-hybridized carbons (Fsp3) is 0.714. The highest BCUT2D eigenvalue weighted by atomic mass is 35.5. The standard InChI is InChI=1S/C14H23ClN4O/c1-19(11-5-3-4-6-11)8-7-16-13-9-12(15)17-14(18-13)10-20-2/h9,11H,3-8,10H2,1-2H3,(H,16,17,18). The third-order valence-corrected chi connectivity index (χ3v) is 3.93. The molecule has 0 amide bonds. The van der Waals surface area contributed by atoms with Crippen LogP contribution in [-0.4, -0.2) is 48.2 Å². The molecule has 1 aromatic heterocycles. The first kappa shape index (κ1) is 15.5. The lowest BCUT2D eigenvalue weighted by atomic mass is 10.2. The highest BCUT2D eigenvalue weighted by Crippen LogP contribution is 2.22. The number of aromatic nitrogens is 2. The van der Waals surface area contributed by atoms with Gasteiger partial charge in [0.05, 0.1) is 0 Å². The van der Waals surface area contributed by atoms with E-state index in [2.05, 4.69) is 27.2 Å². The molecule has 0 atom stereocenters. The number of nitrogens with zero attached hydrogens (tertiary/aromatic N) is 3. The maximum Gasteiger partial charge on any atom is 0.158 e. The minimum atomic E-state index is 0.372. The minimum absolute atomic E-state index is 0.372. The van der Waals surface area contributed by atoms with Gasteiger partial charge in [0, 0.05) is 32.3 Å². The minimum Gasteiger partial charge on any atom is -0.377 e. The number of rotatable bonds is 7. The highest BCUT2D eigenvalue weighted by Gasteiger charge is 2.18. The van der Waals surface area contributed by atoms with Gasteiger partial charge in [0.15, 0.2) is 5.82 Å². The summed E-state index contributed by atoms with van der Waals surface area (Å²) in [6.45, 7) is 2.23. The van der Waals surface area contributed by atoms with E-state index in [0.29, 0.717) is 17.6 Å². The second kappa shape index (κ2) is 7.76. The van der Waals surface area contributed by atoms with Gasteiger partial charge in [0.1, 0.15) is 17.6 Å². The van der Waals surface area contributed by atoms with E-state index in [1.807, 2.05) is 0 Å². The number of hydrogen-bond donors (Lipinski definition) is 1. The maximum atomic E-state index is 5.97. The smallest absolute Gasteiger partial charge is 0.158 e. The second-order valence-corrected chi connectivity index (χ2v) is 5.66. The average Bonchev–Trinajstić information content (AvgIpc) is 2.92. The van der Waals surface area contributed by atoms with Gasteiger partial charge in [0.2, 0.25) is 0 Å². The van der Waals surface area contributed by atoms with Crippen LogP contribution < -0.4 is 5.32 Å². The Morgan fingerprint density at radius 3 is 2.85 bits per heavy atom. The Balaban J connectivity index is 1.80. The summed E-state index contributed by atoms with van der Waals surface area (Å²) in [5.41, 5.74) is 0. The third-order valence-electron chi connectivity index (χ3n) is 3.73. The van der Waals surface area contributed by atoms with Crippen molar-refractivity contribution in [2.75, 3.05) is 32.6 Å². The quantitative estimate of drug-likeness (QED) is 0.784. The molecule has 1 N–H and O–H groups in total. The van der Waals surface area contributed by atoms with E-state index in [1.165, 1.54) is 25.7 Å². The van der Waals surface area contributed by atoms with Gasteiger partial charge >= 0.3 is 0 Å². The Kier molecular flexibility index (Phi) is 6.01. The molecule has 6 heteroatoms. The van der Waals surface area contributed by atoms with Crippen LogP contribution in [0.25, 0.3) is 0 Å². The molecule has 1 heterocycles. The third kappa shape index (κ3) is 4.58. The summed E-state index contributed by atoms with van der Waals surface area (Å²) in [7, 11) is 3.81. The molecule has 2 rings (SSSR count). The topological polar surface area (TPSA) is 50.3 Å². The van der Waals surface area contributed by atoms with Gasteiger partial charge in [-0.3, -0.25) is 0 Å². The molecule has 1 aliphatic carbocycles. The van der Waals surface area contributed by atoms with Crippen molar-refractivity contribution in [2.45, 2.75) is 38.3 Å². The SMILES string of the molecule is COCc1nc(Cl)cc(NCCN(C)C2CCCC2)n1. The van der Waals surface area contributed by atoms with Crippen molar-refractivity contribution in [3.8, 4) is 0 Å². The van der Waals surface area contributed by atoms with Crippen molar-refractivity contribution in [1.82, 2.24) is 14.9 Å². The zero-order valence-corrected chi connectivity index (χ0v) is 13.0. The lowest BCUT2D eigenvalue weighted by Gasteiger charge is -2.24. The van der Waals surface area contributed by atoms with Gasteiger partial charge < -0.3 is 15.0 Å². The summed E-state index contributed by atoms with van der Waals surface area (Å²) in [5.74, 6) is 1.36. The van der Waals surface area contributed by atoms with Crippen LogP contribution in [0, 0.1) is 0 Å². The van der Waals surface area contributed by atoms with Gasteiger partial charge in [-0.2, -0.15) is 0 Å². The molecule has 0 aliphatic heterocycles. The molecule has 5 nitrogen and oxygen atoms in total. The van der Waals surface area contributed by atoms with Crippen molar-refractivity contribution in [3.05, 3.63) is 17.0 Å². The fourth-order valence-corrected chi connectivity index (χ4v) is 2.84. The molecular formula is C14H23ClN4O. The van der Waals surface area contributed by atoms with Crippen LogP contribution in [0.2, 0.25) is 5.15 Å². The largest absolute Gasteiger partial charge is 0.377 e. The number of likely N-dealkylation sites (N-methyl/N-ethyl adjacent to an activating group) is 1. The van der Waals surface area contributed by atoms with Crippen LogP contribution in [0.1, 0.15) is 31.5 Å². The van der Waals surface area contributed by atoms with Gasteiger partial charge in [-0.15, -0.1) is 0 Å². The second-order valence-electron chi connectivity index (χ2n) is 5.27. The van der Waals surface area contributed by atoms with Crippen molar-refractivity contribution in [3.63, 3.8) is 0 Å². The summed E-state index contributed by atoms with van der Waals surface area (Å²) >= 11 is 5.97. The lowest BCUT2D eigenvalue weighted by Crippen LogP contribution is -2.33. The summed E-state index contributed by atoms with van der Waals surface area (Å²) in [6.07, 6.45) is 5.39. The Morgan fingerprint density at radius 2 is 2.15 bits per heavy atom. The number of ether oxygens (including phenoxy) is 1. The van der Waals surface area contributed by atoms with Crippen LogP contribution >= 0.6 is 11.6 Å². The zero-order valence-electron chi connectivity index (χ0n) is 12.2. The van der Waals surface area contributed by atoms with Crippen LogP contribution in [0.4, 0.5) is 5.82 Å². The van der Waals surface area contributed by atoms with E-state index < -0.39 is 0 Å². The lowest BCUT2D eigenvalue weighted by molar-refractivity contribution is 0.178. The summed E-state index contributed by atoms with van der Waals surface area (Å²) in [6, 6.07) is 2.49. The first-order valence-corrected chi connectivity index (χ1v) is 7.53. The molecule has 1 fully saturated rings. The average molecular weight is 299 g/mol. The summed E-state index contributed by atoms with van der Waals surface area (Å²) in [4.78, 5) is 10.9. The molecule has 1 aliphatic rings. The van der Waals surface area contributed by atoms with Gasteiger partial charge in [0.25, 0.3) is 0 Å². The van der Waals surface area contributed by atoms with E-state index in [9.17, 15) is 0 Å². The van der Waals surface area contributed by atoms with E-state index in [4.69, 9.17) is 16.3 Å². The van der Waals surface area contributed by atoms with Crippen molar-refractivity contribution in [1.29, 1.82) is 0 Å². The molecule has 112 valence electrons. The van der Waals surface area contributed by atoms with Crippen molar-refractivity contribution < 1.29 is 4.74 Å². The summed E-state index contributed by atoms with van der Waals surface area (Å²) < 4.78 is 5.03. The number of hydrogen-bond acceptors (Lipinski definition) is 5. The maximum absolute atomic E-state index is 5.97.